The molecule has 0 bridgehead atoms. The van der Waals surface area contributed by atoms with Crippen LogP contribution in [-0.2, 0) is 21.6 Å². The van der Waals surface area contributed by atoms with Gasteiger partial charge in [-0.05, 0) is 67.9 Å². The second-order valence-electron chi connectivity index (χ2n) is 10.00. The van der Waals surface area contributed by atoms with E-state index in [1.807, 2.05) is 38.1 Å². The van der Waals surface area contributed by atoms with Gasteiger partial charge in [-0.2, -0.15) is 0 Å². The van der Waals surface area contributed by atoms with E-state index in [-0.39, 0.29) is 17.6 Å². The highest BCUT2D eigenvalue weighted by molar-refractivity contribution is 7.93. The highest BCUT2D eigenvalue weighted by Crippen LogP contribution is 2.27. The molecule has 5 rings (SSSR count). The lowest BCUT2D eigenvalue weighted by Crippen LogP contribution is -2.54. The Kier molecular flexibility index (Phi) is 7.54. The van der Waals surface area contributed by atoms with Gasteiger partial charge in [-0.1, -0.05) is 30.3 Å². The molecule has 0 radical (unpaired) electrons. The first-order valence-corrected chi connectivity index (χ1v) is 13.9. The number of carbonyl (C=O) groups is 2. The number of para-hydroxylation sites is 1. The van der Waals surface area contributed by atoms with Gasteiger partial charge in [-0.25, -0.2) is 9.11 Å². The summed E-state index contributed by atoms with van der Waals surface area (Å²) in [6, 6.07) is 22.2. The fourth-order valence-corrected chi connectivity index (χ4v) is 5.76. The van der Waals surface area contributed by atoms with Crippen LogP contribution in [0.3, 0.4) is 0 Å². The van der Waals surface area contributed by atoms with Gasteiger partial charge < -0.3 is 14.4 Å². The van der Waals surface area contributed by atoms with Gasteiger partial charge in [-0.3, -0.25) is 14.6 Å². The summed E-state index contributed by atoms with van der Waals surface area (Å²) in [6.07, 6.45) is 1.67. The Bertz CT molecular complexity index is 1480. The maximum absolute atomic E-state index is 13.3. The summed E-state index contributed by atoms with van der Waals surface area (Å²) < 4.78 is 29.3. The Hall–Kier alpha value is -3.95. The molecule has 3 aromatic carbocycles. The fraction of sp³-hybridized carbons (Fsp3) is 0.233. The number of benzene rings is 3. The third-order valence-corrected chi connectivity index (χ3v) is 8.24. The summed E-state index contributed by atoms with van der Waals surface area (Å²) in [5.41, 5.74) is 1.76. The maximum atomic E-state index is 13.3. The molecule has 39 heavy (non-hydrogen) atoms. The second-order valence-corrected chi connectivity index (χ2v) is 11.2. The summed E-state index contributed by atoms with van der Waals surface area (Å²) in [5.74, 6) is -0.509. The van der Waals surface area contributed by atoms with Crippen molar-refractivity contribution in [2.24, 2.45) is 0 Å². The van der Waals surface area contributed by atoms with Crippen molar-refractivity contribution in [3.63, 3.8) is 0 Å². The minimum Gasteiger partial charge on any atom is -0.588 e. The molecule has 1 aromatic heterocycles. The van der Waals surface area contributed by atoms with Crippen LogP contribution in [-0.4, -0.2) is 57.3 Å². The number of carbonyl (C=O) groups excluding carboxylic acids is 2. The molecular weight excluding hydrogens is 515 g/mol. The summed E-state index contributed by atoms with van der Waals surface area (Å²) in [7, 11) is 0. The van der Waals surface area contributed by atoms with Gasteiger partial charge >= 0.3 is 0 Å². The summed E-state index contributed by atoms with van der Waals surface area (Å²) >= 11 is -1.53. The monoisotopic (exact) mass is 544 g/mol. The van der Waals surface area contributed by atoms with E-state index in [0.717, 1.165) is 10.9 Å². The van der Waals surface area contributed by atoms with E-state index in [4.69, 9.17) is 0 Å². The number of hydrogen-bond acceptors (Lipinski definition) is 5. The molecule has 0 aliphatic carbocycles. The molecule has 200 valence electrons. The zero-order chi connectivity index (χ0) is 27.6. The Morgan fingerprint density at radius 1 is 0.897 bits per heavy atom. The van der Waals surface area contributed by atoms with Crippen LogP contribution in [0.1, 0.15) is 29.8 Å². The lowest BCUT2D eigenvalue weighted by molar-refractivity contribution is -0.137. The zero-order valence-corrected chi connectivity index (χ0v) is 22.6. The molecule has 1 atom stereocenters. The van der Waals surface area contributed by atoms with Gasteiger partial charge in [0.2, 0.25) is 10.8 Å². The minimum absolute atomic E-state index is 0.0500. The minimum atomic E-state index is -1.53. The summed E-state index contributed by atoms with van der Waals surface area (Å²) in [4.78, 5) is 34.8. The summed E-state index contributed by atoms with van der Waals surface area (Å²) in [6.45, 7) is 5.35. The molecular formula is C30H29FN4O3S. The van der Waals surface area contributed by atoms with E-state index in [1.165, 1.54) is 12.1 Å². The van der Waals surface area contributed by atoms with E-state index in [2.05, 4.69) is 9.71 Å². The molecule has 7 nitrogen and oxygen atoms in total. The Morgan fingerprint density at radius 3 is 2.23 bits per heavy atom. The molecule has 2 heterocycles. The Balaban J connectivity index is 1.19. The summed E-state index contributed by atoms with van der Waals surface area (Å²) in [5, 5.41) is 0.909. The molecule has 1 fully saturated rings. The smallest absolute Gasteiger partial charge is 0.253 e. The predicted molar refractivity (Wildman–Crippen MR) is 150 cm³/mol. The van der Waals surface area contributed by atoms with Gasteiger partial charge in [0.1, 0.15) is 22.7 Å². The van der Waals surface area contributed by atoms with Crippen molar-refractivity contribution in [3.05, 3.63) is 102 Å². The SMILES string of the molecule is CC(C)(C(=O)N1CCN(C(=O)c2ccc(N[S+]([O-])c3cccc4cccnc34)cc2)CC1)c1ccc(F)cc1. The average Bonchev–Trinajstić information content (AvgIpc) is 2.96. The lowest BCUT2D eigenvalue weighted by atomic mass is 9.83. The molecule has 0 spiro atoms. The van der Waals surface area contributed by atoms with Crippen LogP contribution < -0.4 is 4.72 Å². The van der Waals surface area contributed by atoms with Crippen LogP contribution in [0, 0.1) is 5.82 Å². The zero-order valence-electron chi connectivity index (χ0n) is 21.8. The number of anilines is 1. The van der Waals surface area contributed by atoms with E-state index in [0.29, 0.717) is 47.8 Å². The van der Waals surface area contributed by atoms with Gasteiger partial charge in [0.05, 0.1) is 11.1 Å². The largest absolute Gasteiger partial charge is 0.588 e. The topological polar surface area (TPSA) is 88.6 Å². The van der Waals surface area contributed by atoms with Crippen LogP contribution in [0.15, 0.2) is 90.0 Å². The molecule has 1 aliphatic heterocycles. The number of nitrogens with one attached hydrogen (secondary N) is 1. The highest BCUT2D eigenvalue weighted by Gasteiger charge is 2.36. The van der Waals surface area contributed by atoms with Crippen molar-refractivity contribution < 1.29 is 18.5 Å². The van der Waals surface area contributed by atoms with Gasteiger partial charge in [0.25, 0.3) is 5.91 Å². The number of amides is 2. The molecule has 1 aliphatic rings. The average molecular weight is 545 g/mol. The molecule has 9 heteroatoms. The Labute approximate surface area is 230 Å². The first-order valence-electron chi connectivity index (χ1n) is 12.7. The number of nitrogens with zero attached hydrogens (tertiary/aromatic N) is 3. The van der Waals surface area contributed by atoms with Crippen molar-refractivity contribution in [1.29, 1.82) is 0 Å². The fourth-order valence-electron chi connectivity index (χ4n) is 4.75. The number of rotatable bonds is 6. The molecule has 1 N–H and O–H groups in total. The van der Waals surface area contributed by atoms with Gasteiger partial charge in [0, 0.05) is 43.3 Å². The number of piperazine rings is 1. The van der Waals surface area contributed by atoms with Crippen molar-refractivity contribution in [3.8, 4) is 0 Å². The molecule has 0 saturated carbocycles. The first kappa shape index (κ1) is 26.6. The number of hydrogen-bond donors (Lipinski definition) is 1. The van der Waals surface area contributed by atoms with E-state index >= 15 is 0 Å². The normalized spacial score (nSPS) is 14.8. The molecule has 2 amide bonds. The maximum Gasteiger partial charge on any atom is 0.253 e. The van der Waals surface area contributed by atoms with Crippen molar-refractivity contribution in [1.82, 2.24) is 14.8 Å². The third-order valence-electron chi connectivity index (χ3n) is 7.09. The van der Waals surface area contributed by atoms with Gasteiger partial charge in [0.15, 0.2) is 0 Å². The lowest BCUT2D eigenvalue weighted by Gasteiger charge is -2.38. The first-order chi connectivity index (χ1) is 18.7. The van der Waals surface area contributed by atoms with Crippen molar-refractivity contribution in [2.45, 2.75) is 24.2 Å². The number of pyridine rings is 1. The van der Waals surface area contributed by atoms with Crippen LogP contribution in [0.2, 0.25) is 0 Å². The molecule has 1 unspecified atom stereocenters. The van der Waals surface area contributed by atoms with Crippen LogP contribution in [0.5, 0.6) is 0 Å². The van der Waals surface area contributed by atoms with Crippen LogP contribution in [0.25, 0.3) is 10.9 Å². The molecule has 4 aromatic rings. The number of aromatic nitrogens is 1. The van der Waals surface area contributed by atoms with E-state index < -0.39 is 16.8 Å². The quantitative estimate of drug-likeness (QED) is 0.353. The standard InChI is InChI=1S/C30H29FN4O3S/c1-30(2,23-10-12-24(31)13-11-23)29(37)35-19-17-34(18-20-35)28(36)22-8-14-25(15-9-22)33-39(38)26-7-3-5-21-6-4-16-32-27(21)26/h3-16,33H,17-20H2,1-2H3. The predicted octanol–water partition coefficient (Wildman–Crippen LogP) is 4.77. The highest BCUT2D eigenvalue weighted by atomic mass is 32.2. The van der Waals surface area contributed by atoms with Crippen LogP contribution >= 0.6 is 0 Å². The third kappa shape index (κ3) is 5.60. The van der Waals surface area contributed by atoms with Crippen LogP contribution in [0.4, 0.5) is 10.1 Å². The molecule has 1 saturated heterocycles. The number of halogens is 1. The van der Waals surface area contributed by atoms with Gasteiger partial charge in [-0.15, -0.1) is 0 Å². The number of fused-ring (bicyclic) bond motifs is 1. The van der Waals surface area contributed by atoms with Crippen molar-refractivity contribution >= 4 is 39.8 Å². The second kappa shape index (κ2) is 11.0. The van der Waals surface area contributed by atoms with E-state index in [9.17, 15) is 18.5 Å². The van der Waals surface area contributed by atoms with Crippen molar-refractivity contribution in [2.75, 3.05) is 30.9 Å². The Morgan fingerprint density at radius 2 is 1.54 bits per heavy atom. The van der Waals surface area contributed by atoms with E-state index in [1.54, 1.807) is 58.5 Å².